The van der Waals surface area contributed by atoms with Gasteiger partial charge in [-0.25, -0.2) is 9.98 Å². The van der Waals surface area contributed by atoms with E-state index in [1.54, 1.807) is 6.20 Å². The normalized spacial score (nSPS) is 11.9. The van der Waals surface area contributed by atoms with Crippen LogP contribution in [0, 0.1) is 0 Å². The van der Waals surface area contributed by atoms with Crippen LogP contribution in [0.25, 0.3) is 0 Å². The van der Waals surface area contributed by atoms with E-state index in [0.29, 0.717) is 19.0 Å². The third-order valence-electron chi connectivity index (χ3n) is 3.18. The van der Waals surface area contributed by atoms with Crippen LogP contribution in [0.3, 0.4) is 0 Å². The Morgan fingerprint density at radius 2 is 1.92 bits per heavy atom. The number of aromatic nitrogens is 2. The molecule has 0 aromatic carbocycles. The fourth-order valence-electron chi connectivity index (χ4n) is 2.03. The summed E-state index contributed by atoms with van der Waals surface area (Å²) < 4.78 is 43.8. The van der Waals surface area contributed by atoms with Gasteiger partial charge < -0.3 is 15.4 Å². The van der Waals surface area contributed by atoms with Crippen LogP contribution in [0.1, 0.15) is 18.2 Å². The average Bonchev–Trinajstić information content (AvgIpc) is 2.63. The Kier molecular flexibility index (Phi) is 7.19. The maximum absolute atomic E-state index is 12.9. The molecule has 26 heavy (non-hydrogen) atoms. The first kappa shape index (κ1) is 19.5. The van der Waals surface area contributed by atoms with Gasteiger partial charge in [-0.2, -0.15) is 13.2 Å². The fraction of sp³-hybridized carbons (Fsp3) is 0.353. The molecule has 0 fully saturated rings. The van der Waals surface area contributed by atoms with Crippen LogP contribution in [0.2, 0.25) is 0 Å². The van der Waals surface area contributed by atoms with Gasteiger partial charge in [0.1, 0.15) is 12.2 Å². The van der Waals surface area contributed by atoms with Gasteiger partial charge in [0.15, 0.2) is 5.96 Å². The summed E-state index contributed by atoms with van der Waals surface area (Å²) in [7, 11) is 0. The summed E-state index contributed by atoms with van der Waals surface area (Å²) in [6, 6.07) is 7.71. The van der Waals surface area contributed by atoms with Gasteiger partial charge in [-0.1, -0.05) is 6.07 Å². The highest BCUT2D eigenvalue weighted by atomic mass is 19.4. The summed E-state index contributed by atoms with van der Waals surface area (Å²) in [5.74, 6) is 0.0936. The SMILES string of the molecule is CCNC(=NCc1ccccn1)NCCOc1ncccc1C(F)(F)F. The van der Waals surface area contributed by atoms with Gasteiger partial charge in [0.25, 0.3) is 0 Å². The molecule has 2 aromatic heterocycles. The number of hydrogen-bond donors (Lipinski definition) is 2. The molecule has 140 valence electrons. The van der Waals surface area contributed by atoms with E-state index in [0.717, 1.165) is 11.8 Å². The molecular weight excluding hydrogens is 347 g/mol. The maximum Gasteiger partial charge on any atom is 0.421 e. The lowest BCUT2D eigenvalue weighted by molar-refractivity contribution is -0.139. The van der Waals surface area contributed by atoms with Gasteiger partial charge in [0.05, 0.1) is 18.8 Å². The number of nitrogens with one attached hydrogen (secondary N) is 2. The number of hydrogen-bond acceptors (Lipinski definition) is 4. The Labute approximate surface area is 149 Å². The molecule has 0 spiro atoms. The van der Waals surface area contributed by atoms with Crippen molar-refractivity contribution >= 4 is 5.96 Å². The maximum atomic E-state index is 12.9. The highest BCUT2D eigenvalue weighted by Gasteiger charge is 2.34. The number of rotatable bonds is 7. The zero-order valence-corrected chi connectivity index (χ0v) is 14.3. The first-order valence-electron chi connectivity index (χ1n) is 8.07. The number of halogens is 3. The van der Waals surface area contributed by atoms with E-state index in [9.17, 15) is 13.2 Å². The van der Waals surface area contributed by atoms with Crippen LogP contribution < -0.4 is 15.4 Å². The van der Waals surface area contributed by atoms with Crippen molar-refractivity contribution in [3.8, 4) is 5.88 Å². The van der Waals surface area contributed by atoms with Gasteiger partial charge in [0.2, 0.25) is 5.88 Å². The lowest BCUT2D eigenvalue weighted by Gasteiger charge is -2.14. The summed E-state index contributed by atoms with van der Waals surface area (Å²) in [4.78, 5) is 12.2. The second-order valence-electron chi connectivity index (χ2n) is 5.15. The summed E-state index contributed by atoms with van der Waals surface area (Å²) in [6.07, 6.45) is -1.56. The summed E-state index contributed by atoms with van der Waals surface area (Å²) >= 11 is 0. The molecule has 2 N–H and O–H groups in total. The van der Waals surface area contributed by atoms with Crippen molar-refractivity contribution in [2.75, 3.05) is 19.7 Å². The lowest BCUT2D eigenvalue weighted by atomic mass is 10.2. The molecule has 2 heterocycles. The molecule has 0 atom stereocenters. The Morgan fingerprint density at radius 1 is 1.12 bits per heavy atom. The second-order valence-corrected chi connectivity index (χ2v) is 5.15. The summed E-state index contributed by atoms with van der Waals surface area (Å²) in [5, 5.41) is 6.04. The van der Waals surface area contributed by atoms with Crippen molar-refractivity contribution in [3.63, 3.8) is 0 Å². The zero-order valence-electron chi connectivity index (χ0n) is 14.3. The van der Waals surface area contributed by atoms with Crippen molar-refractivity contribution in [2.24, 2.45) is 4.99 Å². The lowest BCUT2D eigenvalue weighted by Crippen LogP contribution is -2.39. The Morgan fingerprint density at radius 3 is 2.62 bits per heavy atom. The van der Waals surface area contributed by atoms with Crippen LogP contribution in [0.5, 0.6) is 5.88 Å². The number of guanidine groups is 1. The molecule has 6 nitrogen and oxygen atoms in total. The van der Waals surface area contributed by atoms with Crippen molar-refractivity contribution < 1.29 is 17.9 Å². The van der Waals surface area contributed by atoms with Crippen LogP contribution >= 0.6 is 0 Å². The Hall–Kier alpha value is -2.84. The highest BCUT2D eigenvalue weighted by molar-refractivity contribution is 5.79. The second kappa shape index (κ2) is 9.59. The minimum atomic E-state index is -4.50. The molecule has 0 aliphatic heterocycles. The molecule has 0 aliphatic carbocycles. The third kappa shape index (κ3) is 6.23. The predicted molar refractivity (Wildman–Crippen MR) is 91.8 cm³/mol. The molecule has 0 unspecified atom stereocenters. The fourth-order valence-corrected chi connectivity index (χ4v) is 2.03. The van der Waals surface area contributed by atoms with Crippen LogP contribution in [-0.4, -0.2) is 35.6 Å². The molecular formula is C17H20F3N5O. The standard InChI is InChI=1S/C17H20F3N5O/c1-2-21-16(25-12-13-6-3-4-8-22-13)24-10-11-26-15-14(17(18,19)20)7-5-9-23-15/h3-9H,2,10-12H2,1H3,(H2,21,24,25). The molecule has 0 bridgehead atoms. The van der Waals surface area contributed by atoms with Gasteiger partial charge >= 0.3 is 6.18 Å². The average molecular weight is 367 g/mol. The van der Waals surface area contributed by atoms with Crippen molar-refractivity contribution in [2.45, 2.75) is 19.6 Å². The minimum Gasteiger partial charge on any atom is -0.475 e. The number of ether oxygens (including phenoxy) is 1. The van der Waals surface area contributed by atoms with E-state index in [1.165, 1.54) is 12.3 Å². The van der Waals surface area contributed by atoms with Crippen LogP contribution in [0.4, 0.5) is 13.2 Å². The highest BCUT2D eigenvalue weighted by Crippen LogP contribution is 2.34. The summed E-state index contributed by atoms with van der Waals surface area (Å²) in [5.41, 5.74) is -0.0833. The van der Waals surface area contributed by atoms with E-state index in [1.807, 2.05) is 25.1 Å². The van der Waals surface area contributed by atoms with Crippen molar-refractivity contribution in [3.05, 3.63) is 54.0 Å². The minimum absolute atomic E-state index is 0.00803. The van der Waals surface area contributed by atoms with E-state index in [-0.39, 0.29) is 13.2 Å². The molecule has 9 heteroatoms. The smallest absolute Gasteiger partial charge is 0.421 e. The number of alkyl halides is 3. The van der Waals surface area contributed by atoms with Gasteiger partial charge in [-0.15, -0.1) is 0 Å². The zero-order chi connectivity index (χ0) is 18.8. The first-order chi connectivity index (χ1) is 12.5. The van der Waals surface area contributed by atoms with E-state index >= 15 is 0 Å². The number of pyridine rings is 2. The van der Waals surface area contributed by atoms with E-state index in [2.05, 4.69) is 25.6 Å². The Bertz CT molecular complexity index is 707. The molecule has 0 saturated heterocycles. The summed E-state index contributed by atoms with van der Waals surface area (Å²) in [6.45, 7) is 3.22. The quantitative estimate of drug-likeness (QED) is 0.447. The third-order valence-corrected chi connectivity index (χ3v) is 3.18. The van der Waals surface area contributed by atoms with Gasteiger partial charge in [-0.05, 0) is 31.2 Å². The van der Waals surface area contributed by atoms with Crippen LogP contribution in [0.15, 0.2) is 47.7 Å². The Balaban J connectivity index is 1.87. The molecule has 0 aliphatic rings. The molecule has 0 saturated carbocycles. The van der Waals surface area contributed by atoms with Gasteiger partial charge in [0, 0.05) is 18.9 Å². The molecule has 2 rings (SSSR count). The van der Waals surface area contributed by atoms with Crippen LogP contribution in [-0.2, 0) is 12.7 Å². The number of nitrogens with zero attached hydrogens (tertiary/aromatic N) is 3. The van der Waals surface area contributed by atoms with E-state index < -0.39 is 17.6 Å². The topological polar surface area (TPSA) is 71.4 Å². The monoisotopic (exact) mass is 367 g/mol. The largest absolute Gasteiger partial charge is 0.475 e. The van der Waals surface area contributed by atoms with Crippen molar-refractivity contribution in [1.29, 1.82) is 0 Å². The molecule has 0 amide bonds. The first-order valence-corrected chi connectivity index (χ1v) is 8.07. The molecule has 2 aromatic rings. The van der Waals surface area contributed by atoms with E-state index in [4.69, 9.17) is 4.74 Å². The number of aliphatic imine (C=N–C) groups is 1. The van der Waals surface area contributed by atoms with Crippen molar-refractivity contribution in [1.82, 2.24) is 20.6 Å². The molecule has 0 radical (unpaired) electrons. The predicted octanol–water partition coefficient (Wildman–Crippen LogP) is 2.63. The van der Waals surface area contributed by atoms with Gasteiger partial charge in [-0.3, -0.25) is 4.98 Å².